The van der Waals surface area contributed by atoms with Gasteiger partial charge in [0.2, 0.25) is 0 Å². The molecule has 2 rings (SSSR count). The molecule has 1 aromatic carbocycles. The second kappa shape index (κ2) is 6.11. The highest BCUT2D eigenvalue weighted by Crippen LogP contribution is 2.30. The van der Waals surface area contributed by atoms with Crippen LogP contribution in [0.1, 0.15) is 5.56 Å². The Balaban J connectivity index is 0.00000162. The molecular weight excluding hydrogens is 262 g/mol. The smallest absolute Gasteiger partial charge is 0.335 e. The summed E-state index contributed by atoms with van der Waals surface area (Å²) in [7, 11) is 0. The van der Waals surface area contributed by atoms with Crippen molar-refractivity contribution in [3.05, 3.63) is 35.9 Å². The lowest BCUT2D eigenvalue weighted by molar-refractivity contribution is -0.159. The SMILES string of the molecule is Cl.O=C(N1CCNCC1)C(F)(F)c1ccccc1. The number of alkyl halides is 2. The molecule has 0 radical (unpaired) electrons. The van der Waals surface area contributed by atoms with Crippen LogP contribution in [-0.2, 0) is 10.7 Å². The number of halogens is 3. The van der Waals surface area contributed by atoms with Crippen molar-refractivity contribution >= 4 is 18.3 Å². The summed E-state index contributed by atoms with van der Waals surface area (Å²) in [5, 5.41) is 3.02. The molecule has 0 atom stereocenters. The van der Waals surface area contributed by atoms with Gasteiger partial charge in [0.05, 0.1) is 0 Å². The molecule has 0 bridgehead atoms. The molecule has 6 heteroatoms. The fraction of sp³-hybridized carbons (Fsp3) is 0.417. The highest BCUT2D eigenvalue weighted by Gasteiger charge is 2.43. The quantitative estimate of drug-likeness (QED) is 0.891. The number of nitrogens with zero attached hydrogens (tertiary/aromatic N) is 1. The Hall–Kier alpha value is -1.20. The van der Waals surface area contributed by atoms with Gasteiger partial charge in [-0.15, -0.1) is 12.4 Å². The molecule has 1 aromatic rings. The molecule has 1 aliphatic rings. The van der Waals surface area contributed by atoms with Crippen molar-refractivity contribution in [1.29, 1.82) is 0 Å². The predicted molar refractivity (Wildman–Crippen MR) is 67.0 cm³/mol. The molecule has 3 nitrogen and oxygen atoms in total. The lowest BCUT2D eigenvalue weighted by atomic mass is 10.1. The standard InChI is InChI=1S/C12H14F2N2O.ClH/c13-12(14,10-4-2-1-3-5-10)11(17)16-8-6-15-7-9-16;/h1-5,15H,6-9H2;1H. The van der Waals surface area contributed by atoms with E-state index in [9.17, 15) is 13.6 Å². The van der Waals surface area contributed by atoms with Gasteiger partial charge in [-0.3, -0.25) is 4.79 Å². The van der Waals surface area contributed by atoms with E-state index < -0.39 is 11.8 Å². The van der Waals surface area contributed by atoms with Gasteiger partial charge < -0.3 is 10.2 Å². The number of hydrogen-bond acceptors (Lipinski definition) is 2. The molecule has 1 aliphatic heterocycles. The first-order valence-electron chi connectivity index (χ1n) is 5.56. The Morgan fingerprint density at radius 3 is 2.28 bits per heavy atom. The maximum atomic E-state index is 13.9. The van der Waals surface area contributed by atoms with E-state index in [-0.39, 0.29) is 18.0 Å². The Labute approximate surface area is 111 Å². The summed E-state index contributed by atoms with van der Waals surface area (Å²) in [6.45, 7) is 1.80. The Bertz CT molecular complexity index is 394. The van der Waals surface area contributed by atoms with Crippen LogP contribution in [-0.4, -0.2) is 37.0 Å². The second-order valence-electron chi connectivity index (χ2n) is 3.98. The zero-order valence-corrected chi connectivity index (χ0v) is 10.6. The monoisotopic (exact) mass is 276 g/mol. The first-order valence-corrected chi connectivity index (χ1v) is 5.56. The fourth-order valence-corrected chi connectivity index (χ4v) is 1.84. The van der Waals surface area contributed by atoms with Gasteiger partial charge in [0, 0.05) is 31.7 Å². The van der Waals surface area contributed by atoms with E-state index in [0.717, 1.165) is 0 Å². The van der Waals surface area contributed by atoms with Crippen molar-refractivity contribution in [2.45, 2.75) is 5.92 Å². The number of carbonyl (C=O) groups excluding carboxylic acids is 1. The average Bonchev–Trinajstić information content (AvgIpc) is 2.40. The van der Waals surface area contributed by atoms with E-state index in [1.807, 2.05) is 0 Å². The fourth-order valence-electron chi connectivity index (χ4n) is 1.84. The van der Waals surface area contributed by atoms with Gasteiger partial charge in [0.1, 0.15) is 0 Å². The highest BCUT2D eigenvalue weighted by atomic mass is 35.5. The van der Waals surface area contributed by atoms with Crippen LogP contribution in [0.2, 0.25) is 0 Å². The van der Waals surface area contributed by atoms with Gasteiger partial charge in [0.15, 0.2) is 0 Å². The molecule has 0 saturated carbocycles. The van der Waals surface area contributed by atoms with E-state index in [2.05, 4.69) is 5.32 Å². The molecular formula is C12H15ClF2N2O. The van der Waals surface area contributed by atoms with Gasteiger partial charge >= 0.3 is 5.92 Å². The summed E-state index contributed by atoms with van der Waals surface area (Å²) in [5.41, 5.74) is -0.247. The third-order valence-corrected chi connectivity index (χ3v) is 2.81. The second-order valence-corrected chi connectivity index (χ2v) is 3.98. The van der Waals surface area contributed by atoms with Crippen LogP contribution in [0.25, 0.3) is 0 Å². The van der Waals surface area contributed by atoms with Gasteiger partial charge in [-0.1, -0.05) is 30.3 Å². The summed E-state index contributed by atoms with van der Waals surface area (Å²) >= 11 is 0. The lowest BCUT2D eigenvalue weighted by Gasteiger charge is -2.30. The molecule has 18 heavy (non-hydrogen) atoms. The predicted octanol–water partition coefficient (Wildman–Crippen LogP) is 1.63. The average molecular weight is 277 g/mol. The van der Waals surface area contributed by atoms with Crippen LogP contribution in [0, 0.1) is 0 Å². The topological polar surface area (TPSA) is 32.3 Å². The third kappa shape index (κ3) is 2.97. The van der Waals surface area contributed by atoms with E-state index in [4.69, 9.17) is 0 Å². The summed E-state index contributed by atoms with van der Waals surface area (Å²) < 4.78 is 27.8. The first kappa shape index (κ1) is 14.9. The molecule has 1 N–H and O–H groups in total. The first-order chi connectivity index (χ1) is 8.12. The summed E-state index contributed by atoms with van der Waals surface area (Å²) in [6, 6.07) is 7.22. The number of benzene rings is 1. The number of piperazine rings is 1. The molecule has 1 heterocycles. The van der Waals surface area contributed by atoms with Crippen molar-refractivity contribution in [1.82, 2.24) is 10.2 Å². The van der Waals surface area contributed by atoms with Crippen LogP contribution in [0.4, 0.5) is 8.78 Å². The van der Waals surface area contributed by atoms with E-state index in [1.165, 1.54) is 29.2 Å². The molecule has 1 fully saturated rings. The van der Waals surface area contributed by atoms with Crippen molar-refractivity contribution in [2.75, 3.05) is 26.2 Å². The zero-order chi connectivity index (χ0) is 12.3. The molecule has 0 aromatic heterocycles. The minimum absolute atomic E-state index is 0. The largest absolute Gasteiger partial charge is 0.349 e. The van der Waals surface area contributed by atoms with Gasteiger partial charge in [-0.05, 0) is 0 Å². The van der Waals surface area contributed by atoms with Gasteiger partial charge in [-0.25, -0.2) is 0 Å². The van der Waals surface area contributed by atoms with Crippen LogP contribution >= 0.6 is 12.4 Å². The van der Waals surface area contributed by atoms with E-state index >= 15 is 0 Å². The van der Waals surface area contributed by atoms with Crippen molar-refractivity contribution in [3.63, 3.8) is 0 Å². The van der Waals surface area contributed by atoms with Crippen LogP contribution in [0.5, 0.6) is 0 Å². The zero-order valence-electron chi connectivity index (χ0n) is 9.73. The van der Waals surface area contributed by atoms with E-state index in [0.29, 0.717) is 26.2 Å². The Kier molecular flexibility index (Phi) is 5.04. The lowest BCUT2D eigenvalue weighted by Crippen LogP contribution is -2.51. The van der Waals surface area contributed by atoms with Gasteiger partial charge in [-0.2, -0.15) is 8.78 Å². The number of hydrogen-bond donors (Lipinski definition) is 1. The summed E-state index contributed by atoms with van der Waals surface area (Å²) in [4.78, 5) is 13.0. The Morgan fingerprint density at radius 1 is 1.17 bits per heavy atom. The number of rotatable bonds is 2. The Morgan fingerprint density at radius 2 is 1.72 bits per heavy atom. The minimum Gasteiger partial charge on any atom is -0.335 e. The number of amides is 1. The minimum atomic E-state index is -3.43. The number of nitrogens with one attached hydrogen (secondary N) is 1. The van der Waals surface area contributed by atoms with Crippen molar-refractivity contribution < 1.29 is 13.6 Å². The maximum absolute atomic E-state index is 13.9. The van der Waals surface area contributed by atoms with Crippen LogP contribution in [0.15, 0.2) is 30.3 Å². The molecule has 0 unspecified atom stereocenters. The molecule has 0 aliphatic carbocycles. The van der Waals surface area contributed by atoms with E-state index in [1.54, 1.807) is 6.07 Å². The highest BCUT2D eigenvalue weighted by molar-refractivity contribution is 5.85. The number of carbonyl (C=O) groups is 1. The normalized spacial score (nSPS) is 16.0. The van der Waals surface area contributed by atoms with Gasteiger partial charge in [0.25, 0.3) is 5.91 Å². The van der Waals surface area contributed by atoms with Crippen LogP contribution in [0.3, 0.4) is 0 Å². The molecule has 0 spiro atoms. The van der Waals surface area contributed by atoms with Crippen LogP contribution < -0.4 is 5.32 Å². The maximum Gasteiger partial charge on any atom is 0.349 e. The summed E-state index contributed by atoms with van der Waals surface area (Å²) in [6.07, 6.45) is 0. The summed E-state index contributed by atoms with van der Waals surface area (Å²) in [5.74, 6) is -4.54. The third-order valence-electron chi connectivity index (χ3n) is 2.81. The van der Waals surface area contributed by atoms with Crippen molar-refractivity contribution in [3.8, 4) is 0 Å². The molecule has 1 amide bonds. The molecule has 100 valence electrons. The molecule has 1 saturated heterocycles. The van der Waals surface area contributed by atoms with Crippen molar-refractivity contribution in [2.24, 2.45) is 0 Å².